The summed E-state index contributed by atoms with van der Waals surface area (Å²) >= 11 is 0. The Labute approximate surface area is 133 Å². The van der Waals surface area contributed by atoms with Crippen LogP contribution in [0.1, 0.15) is 6.92 Å². The maximum Gasteiger partial charge on any atom is 0.308 e. The van der Waals surface area contributed by atoms with E-state index in [1.165, 1.54) is 6.92 Å². The first-order chi connectivity index (χ1) is 11.1. The number of hydrogen-bond donors (Lipinski definition) is 0. The second-order valence-corrected chi connectivity index (χ2v) is 4.97. The van der Waals surface area contributed by atoms with Gasteiger partial charge in [0.1, 0.15) is 28.6 Å². The number of ether oxygens (including phenoxy) is 3. The lowest BCUT2D eigenvalue weighted by Crippen LogP contribution is -2.01. The van der Waals surface area contributed by atoms with E-state index in [1.54, 1.807) is 32.4 Å². The van der Waals surface area contributed by atoms with Crippen molar-refractivity contribution in [1.29, 1.82) is 0 Å². The van der Waals surface area contributed by atoms with E-state index in [0.717, 1.165) is 22.3 Å². The largest absolute Gasteiger partial charge is 0.497 e. The van der Waals surface area contributed by atoms with E-state index < -0.39 is 0 Å². The topological polar surface area (TPSA) is 57.9 Å². The monoisotopic (exact) mass is 312 g/mol. The van der Waals surface area contributed by atoms with Gasteiger partial charge in [-0.15, -0.1) is 0 Å². The molecule has 3 aromatic rings. The molecule has 0 N–H and O–H groups in total. The highest BCUT2D eigenvalue weighted by Crippen LogP contribution is 2.37. The highest BCUT2D eigenvalue weighted by atomic mass is 16.5. The minimum Gasteiger partial charge on any atom is -0.497 e. The van der Waals surface area contributed by atoms with Crippen molar-refractivity contribution in [2.75, 3.05) is 14.2 Å². The Kier molecular flexibility index (Phi) is 3.93. The molecule has 0 amide bonds. The smallest absolute Gasteiger partial charge is 0.308 e. The molecule has 0 spiro atoms. The maximum atomic E-state index is 11.1. The van der Waals surface area contributed by atoms with Crippen LogP contribution >= 0.6 is 0 Å². The van der Waals surface area contributed by atoms with Crippen molar-refractivity contribution < 1.29 is 23.4 Å². The third-order valence-electron chi connectivity index (χ3n) is 3.43. The Hall–Kier alpha value is -2.95. The zero-order chi connectivity index (χ0) is 16.4. The van der Waals surface area contributed by atoms with Gasteiger partial charge in [0.2, 0.25) is 0 Å². The zero-order valence-electron chi connectivity index (χ0n) is 13.1. The molecule has 0 saturated heterocycles. The Morgan fingerprint density at radius 2 is 1.74 bits per heavy atom. The number of carbonyl (C=O) groups is 1. The number of esters is 1. The van der Waals surface area contributed by atoms with Gasteiger partial charge in [-0.25, -0.2) is 0 Å². The molecule has 0 fully saturated rings. The van der Waals surface area contributed by atoms with Crippen molar-refractivity contribution in [3.63, 3.8) is 0 Å². The molecular weight excluding hydrogens is 296 g/mol. The Bertz CT molecular complexity index is 863. The second kappa shape index (κ2) is 6.04. The van der Waals surface area contributed by atoms with Crippen LogP contribution in [0, 0.1) is 0 Å². The molecule has 0 bridgehead atoms. The SMILES string of the molecule is COc1ccc2cc(-c3ccc(OC(C)=O)cc3OC)oc2c1. The number of furan rings is 1. The highest BCUT2D eigenvalue weighted by Gasteiger charge is 2.13. The summed E-state index contributed by atoms with van der Waals surface area (Å²) in [7, 11) is 3.17. The summed E-state index contributed by atoms with van der Waals surface area (Å²) in [6.07, 6.45) is 0. The molecule has 23 heavy (non-hydrogen) atoms. The third-order valence-corrected chi connectivity index (χ3v) is 3.43. The predicted molar refractivity (Wildman–Crippen MR) is 86.1 cm³/mol. The van der Waals surface area contributed by atoms with E-state index in [-0.39, 0.29) is 5.97 Å². The molecule has 3 rings (SSSR count). The van der Waals surface area contributed by atoms with E-state index in [1.807, 2.05) is 24.3 Å². The number of fused-ring (bicyclic) bond motifs is 1. The number of benzene rings is 2. The predicted octanol–water partition coefficient (Wildman–Crippen LogP) is 4.04. The Morgan fingerprint density at radius 3 is 2.43 bits per heavy atom. The molecule has 2 aromatic carbocycles. The van der Waals surface area contributed by atoms with Gasteiger partial charge in [0, 0.05) is 24.4 Å². The lowest BCUT2D eigenvalue weighted by molar-refractivity contribution is -0.131. The van der Waals surface area contributed by atoms with Gasteiger partial charge in [0.05, 0.1) is 19.8 Å². The molecule has 5 nitrogen and oxygen atoms in total. The molecule has 0 unspecified atom stereocenters. The van der Waals surface area contributed by atoms with E-state index in [0.29, 0.717) is 17.3 Å². The quantitative estimate of drug-likeness (QED) is 0.537. The molecule has 1 heterocycles. The van der Waals surface area contributed by atoms with Gasteiger partial charge in [-0.2, -0.15) is 0 Å². The van der Waals surface area contributed by atoms with Gasteiger partial charge >= 0.3 is 5.97 Å². The summed E-state index contributed by atoms with van der Waals surface area (Å²) in [5, 5.41) is 0.965. The number of methoxy groups -OCH3 is 2. The van der Waals surface area contributed by atoms with Crippen LogP contribution in [0.3, 0.4) is 0 Å². The molecule has 0 aliphatic carbocycles. The summed E-state index contributed by atoms with van der Waals surface area (Å²) in [6, 6.07) is 12.7. The lowest BCUT2D eigenvalue weighted by Gasteiger charge is -2.08. The van der Waals surface area contributed by atoms with E-state index in [2.05, 4.69) is 0 Å². The fourth-order valence-corrected chi connectivity index (χ4v) is 2.38. The fraction of sp³-hybridized carbons (Fsp3) is 0.167. The number of carbonyl (C=O) groups excluding carboxylic acids is 1. The molecule has 1 aromatic heterocycles. The van der Waals surface area contributed by atoms with E-state index in [9.17, 15) is 4.79 Å². The van der Waals surface area contributed by atoms with Crippen molar-refractivity contribution in [3.8, 4) is 28.6 Å². The van der Waals surface area contributed by atoms with Crippen LogP contribution in [0.4, 0.5) is 0 Å². The van der Waals surface area contributed by atoms with E-state index >= 15 is 0 Å². The number of rotatable bonds is 4. The molecule has 0 saturated carbocycles. The van der Waals surface area contributed by atoms with Crippen LogP contribution in [0.15, 0.2) is 46.9 Å². The zero-order valence-corrected chi connectivity index (χ0v) is 13.1. The van der Waals surface area contributed by atoms with Gasteiger partial charge in [0.15, 0.2) is 0 Å². The molecule has 5 heteroatoms. The van der Waals surface area contributed by atoms with Crippen molar-refractivity contribution in [2.24, 2.45) is 0 Å². The normalized spacial score (nSPS) is 10.6. The molecular formula is C18H16O5. The first kappa shape index (κ1) is 15.0. The average Bonchev–Trinajstić information content (AvgIpc) is 2.96. The van der Waals surface area contributed by atoms with Crippen molar-refractivity contribution in [3.05, 3.63) is 42.5 Å². The number of hydrogen-bond acceptors (Lipinski definition) is 5. The summed E-state index contributed by atoms with van der Waals surface area (Å²) in [6.45, 7) is 1.35. The third kappa shape index (κ3) is 2.99. The Morgan fingerprint density at radius 1 is 0.957 bits per heavy atom. The van der Waals surface area contributed by atoms with Crippen LogP contribution in [0.25, 0.3) is 22.3 Å². The van der Waals surface area contributed by atoms with Crippen molar-refractivity contribution in [1.82, 2.24) is 0 Å². The summed E-state index contributed by atoms with van der Waals surface area (Å²) < 4.78 is 21.6. The second-order valence-electron chi connectivity index (χ2n) is 4.97. The molecule has 118 valence electrons. The minimum absolute atomic E-state index is 0.379. The van der Waals surface area contributed by atoms with Crippen LogP contribution in [-0.2, 0) is 4.79 Å². The fourth-order valence-electron chi connectivity index (χ4n) is 2.38. The van der Waals surface area contributed by atoms with Crippen molar-refractivity contribution in [2.45, 2.75) is 6.92 Å². The van der Waals surface area contributed by atoms with Crippen molar-refractivity contribution >= 4 is 16.9 Å². The summed E-state index contributed by atoms with van der Waals surface area (Å²) in [5.74, 6) is 2.01. The van der Waals surface area contributed by atoms with Gasteiger partial charge < -0.3 is 18.6 Å². The van der Waals surface area contributed by atoms with Crippen LogP contribution in [-0.4, -0.2) is 20.2 Å². The van der Waals surface area contributed by atoms with Gasteiger partial charge in [0.25, 0.3) is 0 Å². The standard InChI is InChI=1S/C18H16O5/c1-11(19)22-14-6-7-15(17(10-14)21-3)18-8-12-4-5-13(20-2)9-16(12)23-18/h4-10H,1-3H3. The van der Waals surface area contributed by atoms with Crippen LogP contribution in [0.2, 0.25) is 0 Å². The van der Waals surface area contributed by atoms with Crippen LogP contribution in [0.5, 0.6) is 17.2 Å². The first-order valence-corrected chi connectivity index (χ1v) is 7.05. The molecule has 0 atom stereocenters. The van der Waals surface area contributed by atoms with E-state index in [4.69, 9.17) is 18.6 Å². The lowest BCUT2D eigenvalue weighted by atomic mass is 10.1. The van der Waals surface area contributed by atoms with Gasteiger partial charge in [-0.05, 0) is 30.3 Å². The summed E-state index contributed by atoms with van der Waals surface area (Å²) in [5.41, 5.74) is 1.50. The molecule has 0 aliphatic heterocycles. The van der Waals surface area contributed by atoms with Crippen LogP contribution < -0.4 is 14.2 Å². The van der Waals surface area contributed by atoms with Gasteiger partial charge in [-0.3, -0.25) is 4.79 Å². The average molecular weight is 312 g/mol. The minimum atomic E-state index is -0.379. The summed E-state index contributed by atoms with van der Waals surface area (Å²) in [4.78, 5) is 11.1. The molecule has 0 aliphatic rings. The molecule has 0 radical (unpaired) electrons. The highest BCUT2D eigenvalue weighted by molar-refractivity contribution is 5.85. The maximum absolute atomic E-state index is 11.1. The van der Waals surface area contributed by atoms with Gasteiger partial charge in [-0.1, -0.05) is 0 Å². The first-order valence-electron chi connectivity index (χ1n) is 7.05. The Balaban J connectivity index is 2.05.